The highest BCUT2D eigenvalue weighted by atomic mass is 16.5. The second kappa shape index (κ2) is 8.76. The van der Waals surface area contributed by atoms with Gasteiger partial charge in [0.1, 0.15) is 5.75 Å². The minimum atomic E-state index is -0.0207. The molecule has 0 radical (unpaired) electrons. The van der Waals surface area contributed by atoms with Crippen LogP contribution in [0.5, 0.6) is 5.75 Å². The summed E-state index contributed by atoms with van der Waals surface area (Å²) in [6.45, 7) is 7.32. The topological polar surface area (TPSA) is 61.9 Å². The van der Waals surface area contributed by atoms with Crippen LogP contribution in [0.3, 0.4) is 0 Å². The summed E-state index contributed by atoms with van der Waals surface area (Å²) in [5, 5.41) is 2.91. The van der Waals surface area contributed by atoms with E-state index in [1.54, 1.807) is 24.3 Å². The number of carbonyl (C=O) groups is 2. The van der Waals surface area contributed by atoms with Crippen LogP contribution in [0.25, 0.3) is 0 Å². The third kappa shape index (κ3) is 5.02. The second-order valence-corrected chi connectivity index (χ2v) is 7.77. The van der Waals surface area contributed by atoms with Crippen molar-refractivity contribution in [3.05, 3.63) is 59.2 Å². The van der Waals surface area contributed by atoms with Crippen molar-refractivity contribution in [3.63, 3.8) is 0 Å². The SMILES string of the molecule is CC(=O)c1ccc(NC(=O)CN2CCN(Cc3ccc4c(c3)CCO4)CC2)cc1. The van der Waals surface area contributed by atoms with Gasteiger partial charge in [-0.15, -0.1) is 0 Å². The average Bonchev–Trinajstić information content (AvgIpc) is 3.18. The van der Waals surface area contributed by atoms with Crippen molar-refractivity contribution in [3.8, 4) is 5.75 Å². The third-order valence-electron chi connectivity index (χ3n) is 5.57. The Bertz CT molecular complexity index is 887. The van der Waals surface area contributed by atoms with Crippen molar-refractivity contribution in [2.24, 2.45) is 0 Å². The first kappa shape index (κ1) is 19.6. The molecule has 0 unspecified atom stereocenters. The lowest BCUT2D eigenvalue weighted by molar-refractivity contribution is -0.117. The third-order valence-corrected chi connectivity index (χ3v) is 5.57. The van der Waals surface area contributed by atoms with Gasteiger partial charge >= 0.3 is 0 Å². The Morgan fingerprint density at radius 3 is 2.45 bits per heavy atom. The number of hydrogen-bond donors (Lipinski definition) is 1. The number of piperazine rings is 1. The number of anilines is 1. The van der Waals surface area contributed by atoms with Crippen molar-refractivity contribution in [1.82, 2.24) is 9.80 Å². The fraction of sp³-hybridized carbons (Fsp3) is 0.391. The summed E-state index contributed by atoms with van der Waals surface area (Å²) < 4.78 is 5.58. The van der Waals surface area contributed by atoms with E-state index >= 15 is 0 Å². The zero-order valence-electron chi connectivity index (χ0n) is 16.8. The van der Waals surface area contributed by atoms with Crippen LogP contribution in [0, 0.1) is 0 Å². The number of fused-ring (bicyclic) bond motifs is 1. The fourth-order valence-electron chi connectivity index (χ4n) is 3.89. The maximum absolute atomic E-state index is 12.3. The summed E-state index contributed by atoms with van der Waals surface area (Å²) in [6, 6.07) is 13.5. The van der Waals surface area contributed by atoms with Crippen LogP contribution in [-0.4, -0.2) is 60.8 Å². The Balaban J connectivity index is 1.22. The summed E-state index contributed by atoms with van der Waals surface area (Å²) in [6.07, 6.45) is 1.00. The zero-order valence-corrected chi connectivity index (χ0v) is 16.8. The number of Topliss-reactive ketones (excluding diaryl/α,β-unsaturated/α-hetero) is 1. The maximum atomic E-state index is 12.3. The number of hydrogen-bond acceptors (Lipinski definition) is 5. The van der Waals surface area contributed by atoms with Gasteiger partial charge in [0.2, 0.25) is 5.91 Å². The molecule has 0 atom stereocenters. The molecule has 1 saturated heterocycles. The molecule has 2 aromatic rings. The largest absolute Gasteiger partial charge is 0.493 e. The monoisotopic (exact) mass is 393 g/mol. The lowest BCUT2D eigenvalue weighted by atomic mass is 10.1. The van der Waals surface area contributed by atoms with Gasteiger partial charge in [0.25, 0.3) is 0 Å². The molecule has 6 nitrogen and oxygen atoms in total. The van der Waals surface area contributed by atoms with Crippen molar-refractivity contribution < 1.29 is 14.3 Å². The summed E-state index contributed by atoms with van der Waals surface area (Å²) in [4.78, 5) is 28.3. The van der Waals surface area contributed by atoms with E-state index in [0.29, 0.717) is 12.1 Å². The van der Waals surface area contributed by atoms with Gasteiger partial charge in [-0.1, -0.05) is 12.1 Å². The number of nitrogens with zero attached hydrogens (tertiary/aromatic N) is 2. The molecule has 2 aliphatic heterocycles. The first-order valence-electron chi connectivity index (χ1n) is 10.2. The summed E-state index contributed by atoms with van der Waals surface area (Å²) in [5.74, 6) is 1.03. The predicted molar refractivity (Wildman–Crippen MR) is 112 cm³/mol. The van der Waals surface area contributed by atoms with E-state index in [-0.39, 0.29) is 11.7 Å². The van der Waals surface area contributed by atoms with Crippen molar-refractivity contribution >= 4 is 17.4 Å². The minimum Gasteiger partial charge on any atom is -0.493 e. The van der Waals surface area contributed by atoms with Crippen molar-refractivity contribution in [2.75, 3.05) is 44.6 Å². The Morgan fingerprint density at radius 2 is 1.72 bits per heavy atom. The summed E-state index contributed by atoms with van der Waals surface area (Å²) >= 11 is 0. The molecular formula is C23H27N3O3. The lowest BCUT2D eigenvalue weighted by Gasteiger charge is -2.34. The van der Waals surface area contributed by atoms with Crippen LogP contribution in [0.2, 0.25) is 0 Å². The van der Waals surface area contributed by atoms with E-state index in [1.807, 2.05) is 0 Å². The number of carbonyl (C=O) groups excluding carboxylic acids is 2. The average molecular weight is 393 g/mol. The van der Waals surface area contributed by atoms with Gasteiger partial charge in [0.05, 0.1) is 13.2 Å². The number of rotatable bonds is 6. The van der Waals surface area contributed by atoms with Crippen LogP contribution < -0.4 is 10.1 Å². The van der Waals surface area contributed by atoms with Gasteiger partial charge < -0.3 is 10.1 Å². The smallest absolute Gasteiger partial charge is 0.238 e. The van der Waals surface area contributed by atoms with Crippen LogP contribution in [-0.2, 0) is 17.8 Å². The van der Waals surface area contributed by atoms with E-state index in [4.69, 9.17) is 4.74 Å². The Morgan fingerprint density at radius 1 is 1.00 bits per heavy atom. The molecule has 4 rings (SSSR count). The van der Waals surface area contributed by atoms with Gasteiger partial charge in [-0.2, -0.15) is 0 Å². The number of benzene rings is 2. The highest BCUT2D eigenvalue weighted by Gasteiger charge is 2.20. The van der Waals surface area contributed by atoms with E-state index in [1.165, 1.54) is 18.1 Å². The van der Waals surface area contributed by atoms with Crippen molar-refractivity contribution in [1.29, 1.82) is 0 Å². The minimum absolute atomic E-state index is 0.0207. The van der Waals surface area contributed by atoms with Crippen LogP contribution in [0.15, 0.2) is 42.5 Å². The second-order valence-electron chi connectivity index (χ2n) is 7.77. The molecule has 2 aliphatic rings. The molecule has 29 heavy (non-hydrogen) atoms. The van der Waals surface area contributed by atoms with Crippen LogP contribution in [0.1, 0.15) is 28.4 Å². The molecule has 0 aliphatic carbocycles. The molecule has 0 bridgehead atoms. The Hall–Kier alpha value is -2.70. The standard InChI is InChI=1S/C23H27N3O3/c1-17(27)19-3-5-21(6-4-19)24-23(28)16-26-11-9-25(10-12-26)15-18-2-7-22-20(14-18)8-13-29-22/h2-7,14H,8-13,15-16H2,1H3,(H,24,28). The lowest BCUT2D eigenvalue weighted by Crippen LogP contribution is -2.48. The van der Waals surface area contributed by atoms with E-state index in [0.717, 1.165) is 57.2 Å². The highest BCUT2D eigenvalue weighted by Crippen LogP contribution is 2.26. The molecular weight excluding hydrogens is 366 g/mol. The Labute approximate surface area is 171 Å². The molecule has 6 heteroatoms. The number of ether oxygens (including phenoxy) is 1. The molecule has 0 saturated carbocycles. The first-order chi connectivity index (χ1) is 14.1. The number of ketones is 1. The normalized spacial score (nSPS) is 16.9. The van der Waals surface area contributed by atoms with Gasteiger partial charge in [-0.05, 0) is 48.4 Å². The van der Waals surface area contributed by atoms with Crippen molar-refractivity contribution in [2.45, 2.75) is 19.9 Å². The maximum Gasteiger partial charge on any atom is 0.238 e. The first-order valence-corrected chi connectivity index (χ1v) is 10.2. The van der Waals surface area contributed by atoms with E-state index in [2.05, 4.69) is 33.3 Å². The molecule has 1 N–H and O–H groups in total. The van der Waals surface area contributed by atoms with Crippen LogP contribution in [0.4, 0.5) is 5.69 Å². The molecule has 1 amide bonds. The molecule has 2 aromatic carbocycles. The fourth-order valence-corrected chi connectivity index (χ4v) is 3.89. The van der Waals surface area contributed by atoms with E-state index in [9.17, 15) is 9.59 Å². The zero-order chi connectivity index (χ0) is 20.2. The summed E-state index contributed by atoms with van der Waals surface area (Å²) in [5.41, 5.74) is 4.01. The van der Waals surface area contributed by atoms with Gasteiger partial charge in [0, 0.05) is 50.4 Å². The molecule has 152 valence electrons. The number of amides is 1. The predicted octanol–water partition coefficient (Wildman–Crippen LogP) is 2.58. The molecule has 0 spiro atoms. The van der Waals surface area contributed by atoms with Gasteiger partial charge in [0.15, 0.2) is 5.78 Å². The van der Waals surface area contributed by atoms with Gasteiger partial charge in [-0.25, -0.2) is 0 Å². The highest BCUT2D eigenvalue weighted by molar-refractivity contribution is 5.96. The van der Waals surface area contributed by atoms with Gasteiger partial charge in [-0.3, -0.25) is 19.4 Å². The molecule has 0 aromatic heterocycles. The number of nitrogens with one attached hydrogen (secondary N) is 1. The quantitative estimate of drug-likeness (QED) is 0.765. The van der Waals surface area contributed by atoms with Crippen LogP contribution >= 0.6 is 0 Å². The Kier molecular flexibility index (Phi) is 5.92. The molecule has 2 heterocycles. The summed E-state index contributed by atoms with van der Waals surface area (Å²) in [7, 11) is 0. The molecule has 1 fully saturated rings. The van der Waals surface area contributed by atoms with E-state index < -0.39 is 0 Å².